The molecule has 2 heterocycles. The molecule has 0 aliphatic carbocycles. The number of aromatic nitrogens is 2. The van der Waals surface area contributed by atoms with E-state index in [1.54, 1.807) is 18.3 Å². The summed E-state index contributed by atoms with van der Waals surface area (Å²) in [7, 11) is 0. The molecule has 0 bridgehead atoms. The van der Waals surface area contributed by atoms with Crippen LogP contribution in [0.1, 0.15) is 42.6 Å². The van der Waals surface area contributed by atoms with Crippen molar-refractivity contribution in [2.45, 2.75) is 31.8 Å². The molecule has 1 aliphatic heterocycles. The Balaban J connectivity index is 1.36. The minimum absolute atomic E-state index is 0.0451. The summed E-state index contributed by atoms with van der Waals surface area (Å²) >= 11 is 1.43. The maximum absolute atomic E-state index is 14.5. The average Bonchev–Trinajstić information content (AvgIpc) is 3.31. The minimum atomic E-state index is -0.406. The zero-order valence-corrected chi connectivity index (χ0v) is 20.5. The fraction of sp³-hybridized carbons (Fsp3) is 0.346. The van der Waals surface area contributed by atoms with Crippen molar-refractivity contribution < 1.29 is 14.0 Å². The second-order valence-corrected chi connectivity index (χ2v) is 9.61. The van der Waals surface area contributed by atoms with Crippen LogP contribution in [0.3, 0.4) is 0 Å². The lowest BCUT2D eigenvalue weighted by Crippen LogP contribution is -2.49. The van der Waals surface area contributed by atoms with Gasteiger partial charge in [0.15, 0.2) is 10.9 Å². The zero-order chi connectivity index (χ0) is 24.2. The predicted molar refractivity (Wildman–Crippen MR) is 134 cm³/mol. The van der Waals surface area contributed by atoms with Crippen LogP contribution in [0.15, 0.2) is 60.0 Å². The largest absolute Gasteiger partial charge is 0.366 e. The van der Waals surface area contributed by atoms with Crippen molar-refractivity contribution in [3.8, 4) is 5.69 Å². The highest BCUT2D eigenvalue weighted by molar-refractivity contribution is 7.99. The standard InChI is InChI=1S/C26H29FN4O2S/c1-18(2)21-6-4-5-7-23(21)31-11-10-28-26(31)34-17-25(33)30-14-12-29(13-15-30)24-9-8-20(19(3)32)16-22(24)27/h4-11,16,18H,12-15,17H2,1-3H3. The molecule has 0 atom stereocenters. The van der Waals surface area contributed by atoms with E-state index in [2.05, 4.69) is 31.0 Å². The fourth-order valence-corrected chi connectivity index (χ4v) is 5.04. The summed E-state index contributed by atoms with van der Waals surface area (Å²) in [5, 5.41) is 0.785. The van der Waals surface area contributed by atoms with Crippen LogP contribution in [0.25, 0.3) is 5.69 Å². The smallest absolute Gasteiger partial charge is 0.233 e. The molecule has 0 spiro atoms. The van der Waals surface area contributed by atoms with Gasteiger partial charge in [-0.2, -0.15) is 0 Å². The molecule has 1 fully saturated rings. The van der Waals surface area contributed by atoms with Crippen LogP contribution in [0.4, 0.5) is 10.1 Å². The lowest BCUT2D eigenvalue weighted by Gasteiger charge is -2.36. The van der Waals surface area contributed by atoms with Crippen LogP contribution >= 0.6 is 11.8 Å². The number of halogens is 1. The van der Waals surface area contributed by atoms with E-state index in [1.165, 1.54) is 30.3 Å². The van der Waals surface area contributed by atoms with Gasteiger partial charge in [-0.1, -0.05) is 43.8 Å². The number of rotatable bonds is 7. The first-order valence-electron chi connectivity index (χ1n) is 11.4. The summed E-state index contributed by atoms with van der Waals surface area (Å²) in [6.45, 7) is 7.89. The monoisotopic (exact) mass is 480 g/mol. The molecule has 178 valence electrons. The van der Waals surface area contributed by atoms with Gasteiger partial charge >= 0.3 is 0 Å². The summed E-state index contributed by atoms with van der Waals surface area (Å²) in [4.78, 5) is 32.6. The molecule has 1 saturated heterocycles. The van der Waals surface area contributed by atoms with Crippen molar-refractivity contribution in [1.82, 2.24) is 14.5 Å². The zero-order valence-electron chi connectivity index (χ0n) is 19.7. The van der Waals surface area contributed by atoms with Gasteiger partial charge in [-0.3, -0.25) is 14.2 Å². The number of para-hydroxylation sites is 1. The number of nitrogens with zero attached hydrogens (tertiary/aromatic N) is 4. The van der Waals surface area contributed by atoms with Crippen molar-refractivity contribution >= 4 is 29.1 Å². The van der Waals surface area contributed by atoms with Crippen molar-refractivity contribution in [3.05, 3.63) is 71.8 Å². The van der Waals surface area contributed by atoms with Crippen LogP contribution in [0.2, 0.25) is 0 Å². The molecule has 0 unspecified atom stereocenters. The Hall–Kier alpha value is -3.13. The molecule has 2 aromatic carbocycles. The molecule has 0 radical (unpaired) electrons. The van der Waals surface area contributed by atoms with Crippen molar-refractivity contribution in [1.29, 1.82) is 0 Å². The summed E-state index contributed by atoms with van der Waals surface area (Å²) in [6, 6.07) is 12.8. The van der Waals surface area contributed by atoms with Crippen LogP contribution in [0.5, 0.6) is 0 Å². The van der Waals surface area contributed by atoms with E-state index in [1.807, 2.05) is 32.7 Å². The number of anilines is 1. The van der Waals surface area contributed by atoms with E-state index in [0.29, 0.717) is 49.1 Å². The maximum atomic E-state index is 14.5. The van der Waals surface area contributed by atoms with E-state index < -0.39 is 5.82 Å². The van der Waals surface area contributed by atoms with Gasteiger partial charge in [0.1, 0.15) is 5.82 Å². The van der Waals surface area contributed by atoms with Gasteiger partial charge in [0, 0.05) is 44.1 Å². The van der Waals surface area contributed by atoms with E-state index in [0.717, 1.165) is 10.8 Å². The maximum Gasteiger partial charge on any atom is 0.233 e. The van der Waals surface area contributed by atoms with Crippen LogP contribution in [0, 0.1) is 5.82 Å². The average molecular weight is 481 g/mol. The summed E-state index contributed by atoms with van der Waals surface area (Å²) in [6.07, 6.45) is 3.69. The number of Topliss-reactive ketones (excluding diaryl/α,β-unsaturated/α-hetero) is 1. The van der Waals surface area contributed by atoms with Crippen LogP contribution in [-0.2, 0) is 4.79 Å². The predicted octanol–water partition coefficient (Wildman–Crippen LogP) is 4.78. The lowest BCUT2D eigenvalue weighted by molar-refractivity contribution is -0.128. The third-order valence-corrected chi connectivity index (χ3v) is 7.03. The highest BCUT2D eigenvalue weighted by Crippen LogP contribution is 2.28. The number of carbonyl (C=O) groups excluding carboxylic acids is 2. The Labute approximate surface area is 203 Å². The molecule has 1 amide bonds. The molecule has 6 nitrogen and oxygen atoms in total. The van der Waals surface area contributed by atoms with E-state index in [-0.39, 0.29) is 11.7 Å². The molecule has 8 heteroatoms. The van der Waals surface area contributed by atoms with Crippen LogP contribution in [-0.4, -0.2) is 58.1 Å². The van der Waals surface area contributed by atoms with E-state index >= 15 is 0 Å². The minimum Gasteiger partial charge on any atom is -0.366 e. The van der Waals surface area contributed by atoms with Gasteiger partial charge in [0.05, 0.1) is 17.1 Å². The Morgan fingerprint density at radius 2 is 1.79 bits per heavy atom. The molecule has 34 heavy (non-hydrogen) atoms. The van der Waals surface area contributed by atoms with Crippen LogP contribution < -0.4 is 4.90 Å². The first-order chi connectivity index (χ1) is 16.3. The number of hydrogen-bond acceptors (Lipinski definition) is 5. The van der Waals surface area contributed by atoms with Crippen molar-refractivity contribution in [3.63, 3.8) is 0 Å². The third-order valence-electron chi connectivity index (χ3n) is 6.08. The lowest BCUT2D eigenvalue weighted by atomic mass is 10.0. The first-order valence-corrected chi connectivity index (χ1v) is 12.4. The number of amides is 1. The van der Waals surface area contributed by atoms with Crippen molar-refractivity contribution in [2.24, 2.45) is 0 Å². The number of carbonyl (C=O) groups is 2. The molecule has 0 N–H and O–H groups in total. The summed E-state index contributed by atoms with van der Waals surface area (Å²) < 4.78 is 16.5. The normalized spacial score (nSPS) is 14.0. The molecular weight excluding hydrogens is 451 g/mol. The first kappa shape index (κ1) is 24.0. The van der Waals surface area contributed by atoms with Gasteiger partial charge in [-0.25, -0.2) is 9.37 Å². The number of thioether (sulfide) groups is 1. The third kappa shape index (κ3) is 5.17. The number of hydrogen-bond donors (Lipinski definition) is 0. The van der Waals surface area contributed by atoms with Gasteiger partial charge in [-0.15, -0.1) is 0 Å². The van der Waals surface area contributed by atoms with Gasteiger partial charge in [-0.05, 0) is 42.7 Å². The molecule has 0 saturated carbocycles. The summed E-state index contributed by atoms with van der Waals surface area (Å²) in [5.41, 5.74) is 3.14. The van der Waals surface area contributed by atoms with Crippen molar-refractivity contribution in [2.75, 3.05) is 36.8 Å². The molecule has 1 aliphatic rings. The van der Waals surface area contributed by atoms with Gasteiger partial charge in [0.2, 0.25) is 5.91 Å². The molecule has 3 aromatic rings. The Morgan fingerprint density at radius 1 is 1.06 bits per heavy atom. The Morgan fingerprint density at radius 3 is 2.47 bits per heavy atom. The quantitative estimate of drug-likeness (QED) is 0.360. The summed E-state index contributed by atoms with van der Waals surface area (Å²) in [5.74, 6) is 0.146. The number of piperazine rings is 1. The number of ketones is 1. The Kier molecular flexibility index (Phi) is 7.36. The van der Waals surface area contributed by atoms with E-state index in [9.17, 15) is 14.0 Å². The second-order valence-electron chi connectivity index (χ2n) is 8.67. The SMILES string of the molecule is CC(=O)c1ccc(N2CCN(C(=O)CSc3nccn3-c3ccccc3C(C)C)CC2)c(F)c1. The number of benzene rings is 2. The van der Waals surface area contributed by atoms with Gasteiger partial charge < -0.3 is 9.80 Å². The number of imidazole rings is 1. The highest BCUT2D eigenvalue weighted by Gasteiger charge is 2.24. The van der Waals surface area contributed by atoms with E-state index in [4.69, 9.17) is 0 Å². The Bertz CT molecular complexity index is 1190. The molecular formula is C26H29FN4O2S. The second kappa shape index (κ2) is 10.4. The highest BCUT2D eigenvalue weighted by atomic mass is 32.2. The molecule has 1 aromatic heterocycles. The topological polar surface area (TPSA) is 58.4 Å². The van der Waals surface area contributed by atoms with Gasteiger partial charge in [0.25, 0.3) is 0 Å². The fourth-order valence-electron chi connectivity index (χ4n) is 4.17. The molecule has 4 rings (SSSR count).